The Kier molecular flexibility index (Phi) is 5.77. The molecule has 0 fully saturated rings. The summed E-state index contributed by atoms with van der Waals surface area (Å²) in [5.74, 6) is -1.25. The molecule has 0 aliphatic carbocycles. The van der Waals surface area contributed by atoms with Gasteiger partial charge in [-0.25, -0.2) is 18.9 Å². The molecule has 29 heavy (non-hydrogen) atoms. The van der Waals surface area contributed by atoms with Crippen LogP contribution in [0.15, 0.2) is 36.7 Å². The third kappa shape index (κ3) is 4.33. The molecule has 2 aromatic heterocycles. The van der Waals surface area contributed by atoms with Crippen molar-refractivity contribution in [1.29, 1.82) is 0 Å². The number of thiophene rings is 1. The molecule has 9 heteroatoms. The molecule has 0 saturated carbocycles. The van der Waals surface area contributed by atoms with E-state index in [1.165, 1.54) is 24.1 Å². The Hall–Kier alpha value is -2.71. The first-order chi connectivity index (χ1) is 13.6. The number of carbonyl (C=O) groups excluding carboxylic acids is 2. The highest BCUT2D eigenvalue weighted by Crippen LogP contribution is 2.42. The normalized spacial score (nSPS) is 11.4. The Balaban J connectivity index is 2.30. The number of ether oxygens (including phenoxy) is 2. The Morgan fingerprint density at radius 1 is 1.24 bits per heavy atom. The van der Waals surface area contributed by atoms with Crippen molar-refractivity contribution in [1.82, 2.24) is 4.98 Å². The van der Waals surface area contributed by atoms with Gasteiger partial charge in [0.25, 0.3) is 0 Å². The van der Waals surface area contributed by atoms with Gasteiger partial charge in [-0.1, -0.05) is 11.6 Å². The summed E-state index contributed by atoms with van der Waals surface area (Å²) in [4.78, 5) is 31.1. The number of halogens is 2. The maximum Gasteiger partial charge on any atom is 0.419 e. The lowest BCUT2D eigenvalue weighted by Crippen LogP contribution is -2.34. The zero-order valence-electron chi connectivity index (χ0n) is 16.2. The molecule has 152 valence electrons. The van der Waals surface area contributed by atoms with Crippen LogP contribution in [0.3, 0.4) is 0 Å². The molecular formula is C20H18ClFN2O4S. The monoisotopic (exact) mass is 436 g/mol. The van der Waals surface area contributed by atoms with Gasteiger partial charge in [-0.15, -0.1) is 11.3 Å². The molecule has 1 amide bonds. The minimum atomic E-state index is -0.808. The lowest BCUT2D eigenvalue weighted by molar-refractivity contribution is 0.0598. The molecule has 0 spiro atoms. The number of pyridine rings is 1. The van der Waals surface area contributed by atoms with Gasteiger partial charge in [-0.2, -0.15) is 0 Å². The van der Waals surface area contributed by atoms with E-state index >= 15 is 0 Å². The average Bonchev–Trinajstić information content (AvgIpc) is 3.02. The van der Waals surface area contributed by atoms with Crippen LogP contribution in [0.5, 0.6) is 0 Å². The van der Waals surface area contributed by atoms with E-state index in [4.69, 9.17) is 21.1 Å². The van der Waals surface area contributed by atoms with Gasteiger partial charge in [-0.3, -0.25) is 4.98 Å². The topological polar surface area (TPSA) is 68.7 Å². The highest BCUT2D eigenvalue weighted by Gasteiger charge is 2.32. The maximum atomic E-state index is 13.7. The molecule has 1 aromatic carbocycles. The first-order valence-electron chi connectivity index (χ1n) is 8.55. The van der Waals surface area contributed by atoms with Gasteiger partial charge in [0.15, 0.2) is 0 Å². The third-order valence-electron chi connectivity index (χ3n) is 3.80. The van der Waals surface area contributed by atoms with Crippen LogP contribution < -0.4 is 4.90 Å². The van der Waals surface area contributed by atoms with E-state index in [9.17, 15) is 14.0 Å². The summed E-state index contributed by atoms with van der Waals surface area (Å²) in [5, 5.41) is 0.425. The Morgan fingerprint density at radius 2 is 1.97 bits per heavy atom. The molecule has 0 saturated heterocycles. The number of hydrogen-bond donors (Lipinski definition) is 0. The fourth-order valence-corrected chi connectivity index (χ4v) is 3.90. The summed E-state index contributed by atoms with van der Waals surface area (Å²) < 4.78 is 24.9. The summed E-state index contributed by atoms with van der Waals surface area (Å²) in [5.41, 5.74) is -0.304. The van der Waals surface area contributed by atoms with Crippen LogP contribution in [0.1, 0.15) is 30.4 Å². The fourth-order valence-electron chi connectivity index (χ4n) is 2.65. The number of benzene rings is 1. The SMILES string of the molecule is COC(=O)c1sc2cnccc2c1N(C(=O)OC(C)(C)C)c1ccc(F)c(Cl)c1. The van der Waals surface area contributed by atoms with Crippen molar-refractivity contribution in [3.63, 3.8) is 0 Å². The molecule has 2 heterocycles. The first kappa shape index (κ1) is 21.0. The molecule has 0 unspecified atom stereocenters. The van der Waals surface area contributed by atoms with Crippen molar-refractivity contribution in [3.05, 3.63) is 52.4 Å². The highest BCUT2D eigenvalue weighted by atomic mass is 35.5. The standard InChI is InChI=1S/C20H18ClFN2O4S/c1-20(2,3)28-19(26)24(11-5-6-14(22)13(21)9-11)16-12-7-8-23-10-15(12)29-17(16)18(25)27-4/h5-10H,1-4H3. The quantitative estimate of drug-likeness (QED) is 0.474. The number of amides is 1. The van der Waals surface area contributed by atoms with Crippen molar-refractivity contribution < 1.29 is 23.5 Å². The third-order valence-corrected chi connectivity index (χ3v) is 5.20. The Bertz CT molecular complexity index is 1090. The smallest absolute Gasteiger partial charge is 0.419 e. The summed E-state index contributed by atoms with van der Waals surface area (Å²) in [6.45, 7) is 5.16. The molecule has 0 aliphatic rings. The van der Waals surface area contributed by atoms with Crippen molar-refractivity contribution in [2.24, 2.45) is 0 Å². The number of esters is 1. The molecule has 0 bridgehead atoms. The molecule has 0 aliphatic heterocycles. The minimum absolute atomic E-state index is 0.170. The fraction of sp³-hybridized carbons (Fsp3) is 0.250. The minimum Gasteiger partial charge on any atom is -0.465 e. The van der Waals surface area contributed by atoms with Crippen LogP contribution in [-0.2, 0) is 9.47 Å². The number of fused-ring (bicyclic) bond motifs is 1. The summed E-state index contributed by atoms with van der Waals surface area (Å²) in [6.07, 6.45) is 2.38. The largest absolute Gasteiger partial charge is 0.465 e. The predicted octanol–water partition coefficient (Wildman–Crippen LogP) is 5.95. The average molecular weight is 437 g/mol. The van der Waals surface area contributed by atoms with Crippen LogP contribution in [0.4, 0.5) is 20.6 Å². The zero-order chi connectivity index (χ0) is 21.3. The summed E-state index contributed by atoms with van der Waals surface area (Å²) in [7, 11) is 1.25. The molecule has 0 atom stereocenters. The van der Waals surface area contributed by atoms with E-state index < -0.39 is 23.5 Å². The second-order valence-electron chi connectivity index (χ2n) is 7.06. The number of methoxy groups -OCH3 is 1. The highest BCUT2D eigenvalue weighted by molar-refractivity contribution is 7.21. The second kappa shape index (κ2) is 7.96. The van der Waals surface area contributed by atoms with E-state index in [1.54, 1.807) is 39.2 Å². The lowest BCUT2D eigenvalue weighted by atomic mass is 10.2. The van der Waals surface area contributed by atoms with Gasteiger partial charge in [-0.05, 0) is 45.0 Å². The van der Waals surface area contributed by atoms with Crippen molar-refractivity contribution in [2.75, 3.05) is 12.0 Å². The Labute approximate surface area is 175 Å². The van der Waals surface area contributed by atoms with E-state index in [1.807, 2.05) is 0 Å². The van der Waals surface area contributed by atoms with E-state index in [0.717, 1.165) is 17.4 Å². The molecule has 0 radical (unpaired) electrons. The van der Waals surface area contributed by atoms with E-state index in [0.29, 0.717) is 10.1 Å². The van der Waals surface area contributed by atoms with Gasteiger partial charge in [0.1, 0.15) is 16.3 Å². The number of rotatable bonds is 3. The van der Waals surface area contributed by atoms with Gasteiger partial charge >= 0.3 is 12.1 Å². The zero-order valence-corrected chi connectivity index (χ0v) is 17.7. The molecular weight excluding hydrogens is 419 g/mol. The van der Waals surface area contributed by atoms with Gasteiger partial charge < -0.3 is 9.47 Å². The molecule has 3 rings (SSSR count). The van der Waals surface area contributed by atoms with Crippen LogP contribution >= 0.6 is 22.9 Å². The van der Waals surface area contributed by atoms with E-state index in [2.05, 4.69) is 4.98 Å². The number of carbonyl (C=O) groups is 2. The van der Waals surface area contributed by atoms with Crippen molar-refractivity contribution in [2.45, 2.75) is 26.4 Å². The van der Waals surface area contributed by atoms with Crippen molar-refractivity contribution >= 4 is 56.5 Å². The number of aromatic nitrogens is 1. The van der Waals surface area contributed by atoms with Gasteiger partial charge in [0, 0.05) is 17.8 Å². The number of hydrogen-bond acceptors (Lipinski definition) is 6. The molecule has 3 aromatic rings. The van der Waals surface area contributed by atoms with Crippen LogP contribution in [0, 0.1) is 5.82 Å². The first-order valence-corrected chi connectivity index (χ1v) is 9.75. The van der Waals surface area contributed by atoms with Crippen LogP contribution in [-0.4, -0.2) is 29.8 Å². The van der Waals surface area contributed by atoms with Crippen LogP contribution in [0.2, 0.25) is 5.02 Å². The Morgan fingerprint density at radius 3 is 2.59 bits per heavy atom. The maximum absolute atomic E-state index is 13.7. The van der Waals surface area contributed by atoms with Crippen LogP contribution in [0.25, 0.3) is 10.1 Å². The molecule has 0 N–H and O–H groups in total. The number of nitrogens with zero attached hydrogens (tertiary/aromatic N) is 2. The predicted molar refractivity (Wildman–Crippen MR) is 111 cm³/mol. The summed E-state index contributed by atoms with van der Waals surface area (Å²) in [6, 6.07) is 5.50. The molecule has 6 nitrogen and oxygen atoms in total. The lowest BCUT2D eigenvalue weighted by Gasteiger charge is -2.28. The number of anilines is 2. The van der Waals surface area contributed by atoms with Crippen molar-refractivity contribution in [3.8, 4) is 0 Å². The van der Waals surface area contributed by atoms with Gasteiger partial charge in [0.2, 0.25) is 0 Å². The second-order valence-corrected chi connectivity index (χ2v) is 8.52. The van der Waals surface area contributed by atoms with Gasteiger partial charge in [0.05, 0.1) is 28.2 Å². The van der Waals surface area contributed by atoms with E-state index in [-0.39, 0.29) is 21.3 Å². The summed E-state index contributed by atoms with van der Waals surface area (Å²) >= 11 is 7.08.